The Balaban J connectivity index is 1.83. The van der Waals surface area contributed by atoms with Crippen LogP contribution < -0.4 is 5.32 Å². The summed E-state index contributed by atoms with van der Waals surface area (Å²) in [4.78, 5) is 0. The van der Waals surface area contributed by atoms with E-state index in [9.17, 15) is 0 Å². The Bertz CT molecular complexity index is 857. The van der Waals surface area contributed by atoms with Gasteiger partial charge in [-0.25, -0.2) is 0 Å². The fraction of sp³-hybridized carbons (Fsp3) is 0.200. The number of benzene rings is 2. The maximum absolute atomic E-state index is 6.55. The van der Waals surface area contributed by atoms with Crippen molar-refractivity contribution in [3.05, 3.63) is 82.0 Å². The Labute approximate surface area is 168 Å². The number of rotatable bonds is 5. The van der Waals surface area contributed by atoms with E-state index in [0.717, 1.165) is 33.1 Å². The molecule has 1 aliphatic carbocycles. The monoisotopic (exact) mass is 411 g/mol. The summed E-state index contributed by atoms with van der Waals surface area (Å²) in [6, 6.07) is 11.4. The van der Waals surface area contributed by atoms with Gasteiger partial charge in [0.1, 0.15) is 4.33 Å². The highest BCUT2D eigenvalue weighted by Crippen LogP contribution is 2.67. The average Bonchev–Trinajstić information content (AvgIpc) is 3.13. The molecule has 0 spiro atoms. The van der Waals surface area contributed by atoms with Gasteiger partial charge in [-0.15, -0.1) is 23.2 Å². The van der Waals surface area contributed by atoms with E-state index in [1.807, 2.05) is 43.3 Å². The molecule has 0 radical (unpaired) electrons. The number of nitrogens with one attached hydrogen (secondary N) is 1. The van der Waals surface area contributed by atoms with Crippen molar-refractivity contribution in [3.63, 3.8) is 0 Å². The molecule has 0 saturated heterocycles. The number of anilines is 1. The second kappa shape index (κ2) is 6.89. The number of alkyl halides is 2. The molecule has 0 heterocycles. The third-order valence-electron chi connectivity index (χ3n) is 4.43. The topological polar surface area (TPSA) is 12.0 Å². The van der Waals surface area contributed by atoms with Crippen LogP contribution in [0.25, 0.3) is 6.08 Å². The molecule has 3 rings (SSSR count). The summed E-state index contributed by atoms with van der Waals surface area (Å²) in [5, 5.41) is 4.65. The van der Waals surface area contributed by atoms with Crippen LogP contribution in [-0.4, -0.2) is 4.33 Å². The van der Waals surface area contributed by atoms with Gasteiger partial charge in [-0.2, -0.15) is 0 Å². The second-order valence-corrected chi connectivity index (χ2v) is 8.55. The summed E-state index contributed by atoms with van der Waals surface area (Å²) in [5.74, 6) is -0.204. The zero-order valence-corrected chi connectivity index (χ0v) is 16.6. The summed E-state index contributed by atoms with van der Waals surface area (Å²) >= 11 is 25.4. The summed E-state index contributed by atoms with van der Waals surface area (Å²) in [6.45, 7) is 9.87. The molecule has 0 bridgehead atoms. The highest BCUT2D eigenvalue weighted by molar-refractivity contribution is 6.52. The van der Waals surface area contributed by atoms with E-state index in [0.29, 0.717) is 5.02 Å². The molecule has 1 saturated carbocycles. The standard InChI is InChI=1S/C20H17Cl4N/c1-4-13-8-14(10-15(21)9-13)19-18(20(19,23)24)12(3)25-16-5-6-17(22)11(2)7-16/h4-10,18-19,25H,1,3H2,2H3. The van der Waals surface area contributed by atoms with Crippen molar-refractivity contribution in [1.82, 2.24) is 0 Å². The highest BCUT2D eigenvalue weighted by Gasteiger charge is 2.65. The van der Waals surface area contributed by atoms with E-state index in [1.165, 1.54) is 0 Å². The van der Waals surface area contributed by atoms with Gasteiger partial charge in [0.2, 0.25) is 0 Å². The fourth-order valence-corrected chi connectivity index (χ4v) is 4.36. The average molecular weight is 413 g/mol. The first-order chi connectivity index (χ1) is 11.7. The maximum Gasteiger partial charge on any atom is 0.134 e. The van der Waals surface area contributed by atoms with Gasteiger partial charge in [0, 0.05) is 33.3 Å². The number of aryl methyl sites for hydroxylation is 1. The van der Waals surface area contributed by atoms with Gasteiger partial charge >= 0.3 is 0 Å². The van der Waals surface area contributed by atoms with Gasteiger partial charge in [0.15, 0.2) is 0 Å². The maximum atomic E-state index is 6.55. The smallest absolute Gasteiger partial charge is 0.134 e. The molecule has 5 heteroatoms. The Morgan fingerprint density at radius 2 is 1.88 bits per heavy atom. The first-order valence-corrected chi connectivity index (χ1v) is 9.28. The van der Waals surface area contributed by atoms with Crippen LogP contribution in [0.3, 0.4) is 0 Å². The van der Waals surface area contributed by atoms with E-state index in [1.54, 1.807) is 6.08 Å². The predicted molar refractivity (Wildman–Crippen MR) is 111 cm³/mol. The van der Waals surface area contributed by atoms with Crippen LogP contribution >= 0.6 is 46.4 Å². The number of allylic oxidation sites excluding steroid dienone is 1. The van der Waals surface area contributed by atoms with Gasteiger partial charge < -0.3 is 5.32 Å². The van der Waals surface area contributed by atoms with Crippen molar-refractivity contribution in [2.75, 3.05) is 5.32 Å². The van der Waals surface area contributed by atoms with Crippen LogP contribution in [0.15, 0.2) is 55.3 Å². The fourth-order valence-electron chi connectivity index (χ4n) is 3.09. The van der Waals surface area contributed by atoms with Crippen molar-refractivity contribution in [1.29, 1.82) is 0 Å². The van der Waals surface area contributed by atoms with Crippen molar-refractivity contribution in [2.45, 2.75) is 17.2 Å². The van der Waals surface area contributed by atoms with Crippen molar-refractivity contribution < 1.29 is 0 Å². The molecule has 1 N–H and O–H groups in total. The number of hydrogen-bond donors (Lipinski definition) is 1. The van der Waals surface area contributed by atoms with E-state index < -0.39 is 4.33 Å². The molecule has 0 aliphatic heterocycles. The lowest BCUT2D eigenvalue weighted by molar-refractivity contribution is 0.947. The Morgan fingerprint density at radius 1 is 1.16 bits per heavy atom. The lowest BCUT2D eigenvalue weighted by atomic mass is 10.0. The van der Waals surface area contributed by atoms with E-state index in [2.05, 4.69) is 18.5 Å². The molecular weight excluding hydrogens is 396 g/mol. The van der Waals surface area contributed by atoms with Gasteiger partial charge in [-0.1, -0.05) is 48.5 Å². The minimum Gasteiger partial charge on any atom is -0.359 e. The van der Waals surface area contributed by atoms with E-state index in [4.69, 9.17) is 46.4 Å². The summed E-state index contributed by atoms with van der Waals surface area (Å²) in [7, 11) is 0. The molecule has 130 valence electrons. The van der Waals surface area contributed by atoms with Crippen LogP contribution in [0.2, 0.25) is 10.0 Å². The van der Waals surface area contributed by atoms with Crippen molar-refractivity contribution >= 4 is 58.2 Å². The molecule has 1 fully saturated rings. The van der Waals surface area contributed by atoms with Crippen molar-refractivity contribution in [2.24, 2.45) is 5.92 Å². The van der Waals surface area contributed by atoms with Gasteiger partial charge in [0.25, 0.3) is 0 Å². The molecule has 2 atom stereocenters. The van der Waals surface area contributed by atoms with E-state index in [-0.39, 0.29) is 11.8 Å². The van der Waals surface area contributed by atoms with Crippen molar-refractivity contribution in [3.8, 4) is 0 Å². The largest absolute Gasteiger partial charge is 0.359 e. The lowest BCUT2D eigenvalue weighted by Gasteiger charge is -2.11. The molecule has 1 nitrogen and oxygen atoms in total. The van der Waals surface area contributed by atoms with Crippen LogP contribution in [0.5, 0.6) is 0 Å². The number of hydrogen-bond acceptors (Lipinski definition) is 1. The molecule has 1 aliphatic rings. The minimum atomic E-state index is -0.922. The van der Waals surface area contributed by atoms with Crippen LogP contribution in [-0.2, 0) is 0 Å². The molecule has 25 heavy (non-hydrogen) atoms. The van der Waals surface area contributed by atoms with Gasteiger partial charge in [0.05, 0.1) is 0 Å². The van der Waals surface area contributed by atoms with Gasteiger partial charge in [-0.3, -0.25) is 0 Å². The molecule has 0 aromatic heterocycles. The first kappa shape index (κ1) is 18.7. The highest BCUT2D eigenvalue weighted by atomic mass is 35.5. The van der Waals surface area contributed by atoms with Gasteiger partial charge in [-0.05, 0) is 53.9 Å². The number of halogens is 4. The van der Waals surface area contributed by atoms with Crippen LogP contribution in [0.4, 0.5) is 5.69 Å². The third kappa shape index (κ3) is 3.71. The van der Waals surface area contributed by atoms with Crippen LogP contribution in [0.1, 0.15) is 22.6 Å². The summed E-state index contributed by atoms with van der Waals surface area (Å²) in [5.41, 5.74) is 4.56. The molecule has 0 amide bonds. The minimum absolute atomic E-state index is 0.0818. The summed E-state index contributed by atoms with van der Waals surface area (Å²) < 4.78 is -0.922. The zero-order chi connectivity index (χ0) is 18.4. The Morgan fingerprint density at radius 3 is 2.52 bits per heavy atom. The Hall–Kier alpha value is -1.12. The quantitative estimate of drug-likeness (QED) is 0.502. The molecule has 2 aromatic carbocycles. The Kier molecular flexibility index (Phi) is 5.14. The molecular formula is C20H17Cl4N. The third-order valence-corrected chi connectivity index (χ3v) is 6.01. The normalized spacial score (nSPS) is 20.8. The summed E-state index contributed by atoms with van der Waals surface area (Å²) in [6.07, 6.45) is 1.75. The molecule has 2 aromatic rings. The second-order valence-electron chi connectivity index (χ2n) is 6.27. The lowest BCUT2D eigenvalue weighted by Crippen LogP contribution is -2.04. The van der Waals surface area contributed by atoms with E-state index >= 15 is 0 Å². The molecule has 2 unspecified atom stereocenters. The SMILES string of the molecule is C=Cc1cc(Cl)cc(C2C(C(=C)Nc3ccc(Cl)c(C)c3)C2(Cl)Cl)c1. The zero-order valence-electron chi connectivity index (χ0n) is 13.6. The predicted octanol–water partition coefficient (Wildman–Crippen LogP) is 7.46. The first-order valence-electron chi connectivity index (χ1n) is 7.76. The van der Waals surface area contributed by atoms with Crippen LogP contribution in [0, 0.1) is 12.8 Å².